The minimum absolute atomic E-state index is 0.155. The van der Waals surface area contributed by atoms with Gasteiger partial charge in [-0.3, -0.25) is 10.1 Å². The number of nitriles is 1. The van der Waals surface area contributed by atoms with Gasteiger partial charge < -0.3 is 4.90 Å². The van der Waals surface area contributed by atoms with Crippen molar-refractivity contribution in [3.63, 3.8) is 0 Å². The van der Waals surface area contributed by atoms with Crippen LogP contribution in [0, 0.1) is 21.4 Å². The monoisotopic (exact) mass is 450 g/mol. The number of anilines is 1. The van der Waals surface area contributed by atoms with Crippen molar-refractivity contribution in [1.29, 1.82) is 5.26 Å². The van der Waals surface area contributed by atoms with Crippen LogP contribution in [0.4, 0.5) is 11.4 Å². The van der Waals surface area contributed by atoms with E-state index >= 15 is 0 Å². The second-order valence-corrected chi connectivity index (χ2v) is 8.77. The van der Waals surface area contributed by atoms with Crippen LogP contribution in [-0.2, 0) is 10.0 Å². The number of piperazine rings is 1. The molecule has 0 aliphatic carbocycles. The summed E-state index contributed by atoms with van der Waals surface area (Å²) >= 11 is 3.27. The Morgan fingerprint density at radius 3 is 2.41 bits per heavy atom. The fraction of sp³-hybridized carbons (Fsp3) is 0.235. The summed E-state index contributed by atoms with van der Waals surface area (Å²) in [6, 6.07) is 12.7. The van der Waals surface area contributed by atoms with Crippen molar-refractivity contribution in [2.75, 3.05) is 31.1 Å². The zero-order valence-corrected chi connectivity index (χ0v) is 16.5. The summed E-state index contributed by atoms with van der Waals surface area (Å²) < 4.78 is 27.6. The molecule has 8 nitrogen and oxygen atoms in total. The maximum atomic E-state index is 12.8. The third-order valence-electron chi connectivity index (χ3n) is 4.31. The van der Waals surface area contributed by atoms with Gasteiger partial charge in [-0.25, -0.2) is 8.42 Å². The van der Waals surface area contributed by atoms with E-state index in [2.05, 4.69) is 15.9 Å². The molecule has 0 N–H and O–H groups in total. The number of sulfonamides is 1. The van der Waals surface area contributed by atoms with Crippen LogP contribution in [0.15, 0.2) is 51.8 Å². The maximum Gasteiger partial charge on any atom is 0.293 e. The Morgan fingerprint density at radius 2 is 1.81 bits per heavy atom. The number of nitrogens with zero attached hydrogens (tertiary/aromatic N) is 4. The number of hydrogen-bond acceptors (Lipinski definition) is 6. The van der Waals surface area contributed by atoms with Crippen LogP contribution in [0.5, 0.6) is 0 Å². The highest BCUT2D eigenvalue weighted by Crippen LogP contribution is 2.31. The number of nitro benzene ring substituents is 1. The molecule has 0 aromatic heterocycles. The lowest BCUT2D eigenvalue weighted by Gasteiger charge is -2.35. The second kappa shape index (κ2) is 7.64. The van der Waals surface area contributed by atoms with Crippen molar-refractivity contribution < 1.29 is 13.3 Å². The van der Waals surface area contributed by atoms with Crippen molar-refractivity contribution in [1.82, 2.24) is 4.31 Å². The standard InChI is InChI=1S/C17H15BrN4O4S/c18-14-2-1-3-15(11-14)27(25,26)21-8-6-20(7-9-21)16-5-4-13(12-19)10-17(16)22(23)24/h1-5,10-11H,6-9H2. The zero-order valence-electron chi connectivity index (χ0n) is 14.1. The van der Waals surface area contributed by atoms with Crippen LogP contribution >= 0.6 is 15.9 Å². The lowest BCUT2D eigenvalue weighted by Crippen LogP contribution is -2.48. The van der Waals surface area contributed by atoms with Crippen molar-refractivity contribution in [3.05, 3.63) is 62.6 Å². The highest BCUT2D eigenvalue weighted by atomic mass is 79.9. The minimum atomic E-state index is -3.63. The Bertz CT molecular complexity index is 1030. The normalized spacial score (nSPS) is 15.3. The fourth-order valence-electron chi connectivity index (χ4n) is 2.95. The average molecular weight is 451 g/mol. The molecule has 1 heterocycles. The van der Waals surface area contributed by atoms with Gasteiger partial charge >= 0.3 is 0 Å². The number of rotatable bonds is 4. The Hall–Kier alpha value is -2.48. The molecular weight excluding hydrogens is 436 g/mol. The first kappa shape index (κ1) is 19.3. The summed E-state index contributed by atoms with van der Waals surface area (Å²) in [7, 11) is -3.63. The third kappa shape index (κ3) is 3.95. The molecule has 27 heavy (non-hydrogen) atoms. The Morgan fingerprint density at radius 1 is 1.11 bits per heavy atom. The van der Waals surface area contributed by atoms with Gasteiger partial charge in [-0.2, -0.15) is 9.57 Å². The van der Waals surface area contributed by atoms with Gasteiger partial charge in [-0.05, 0) is 30.3 Å². The quantitative estimate of drug-likeness (QED) is 0.523. The van der Waals surface area contributed by atoms with Crippen LogP contribution in [-0.4, -0.2) is 43.8 Å². The first-order chi connectivity index (χ1) is 12.8. The lowest BCUT2D eigenvalue weighted by atomic mass is 10.1. The summed E-state index contributed by atoms with van der Waals surface area (Å²) in [5, 5.41) is 20.3. The molecule has 0 saturated carbocycles. The molecule has 1 aliphatic rings. The highest BCUT2D eigenvalue weighted by molar-refractivity contribution is 9.10. The molecule has 10 heteroatoms. The molecule has 0 bridgehead atoms. The predicted molar refractivity (Wildman–Crippen MR) is 103 cm³/mol. The van der Waals surface area contributed by atoms with Gasteiger partial charge in [0.1, 0.15) is 5.69 Å². The van der Waals surface area contributed by atoms with Gasteiger partial charge in [0, 0.05) is 36.7 Å². The van der Waals surface area contributed by atoms with Crippen LogP contribution in [0.2, 0.25) is 0 Å². The lowest BCUT2D eigenvalue weighted by molar-refractivity contribution is -0.384. The smallest absolute Gasteiger partial charge is 0.293 e. The molecule has 2 aromatic rings. The number of benzene rings is 2. The summed E-state index contributed by atoms with van der Waals surface area (Å²) in [5.41, 5.74) is 0.442. The van der Waals surface area contributed by atoms with Crippen molar-refractivity contribution in [2.45, 2.75) is 4.90 Å². The number of nitro groups is 1. The van der Waals surface area contributed by atoms with E-state index in [0.29, 0.717) is 23.2 Å². The minimum Gasteiger partial charge on any atom is -0.363 e. The first-order valence-corrected chi connectivity index (χ1v) is 10.3. The molecule has 1 aliphatic heterocycles. The fourth-order valence-corrected chi connectivity index (χ4v) is 4.97. The molecule has 1 saturated heterocycles. The van der Waals surface area contributed by atoms with E-state index in [-0.39, 0.29) is 29.2 Å². The summed E-state index contributed by atoms with van der Waals surface area (Å²) in [4.78, 5) is 12.8. The van der Waals surface area contributed by atoms with E-state index in [4.69, 9.17) is 5.26 Å². The van der Waals surface area contributed by atoms with Gasteiger partial charge in [0.2, 0.25) is 10.0 Å². The van der Waals surface area contributed by atoms with Gasteiger partial charge in [0.15, 0.2) is 0 Å². The molecule has 140 valence electrons. The molecule has 2 aromatic carbocycles. The largest absolute Gasteiger partial charge is 0.363 e. The van der Waals surface area contributed by atoms with Gasteiger partial charge in [-0.15, -0.1) is 0 Å². The Balaban J connectivity index is 1.80. The molecule has 0 unspecified atom stereocenters. The summed E-state index contributed by atoms with van der Waals surface area (Å²) in [5.74, 6) is 0. The predicted octanol–water partition coefficient (Wildman–Crippen LogP) is 2.74. The highest BCUT2D eigenvalue weighted by Gasteiger charge is 2.30. The molecule has 0 spiro atoms. The van der Waals surface area contributed by atoms with Crippen LogP contribution < -0.4 is 4.90 Å². The molecule has 0 amide bonds. The zero-order chi connectivity index (χ0) is 19.6. The molecular formula is C17H15BrN4O4S. The van der Waals surface area contributed by atoms with E-state index < -0.39 is 14.9 Å². The van der Waals surface area contributed by atoms with Crippen molar-refractivity contribution in [3.8, 4) is 6.07 Å². The third-order valence-corrected chi connectivity index (χ3v) is 6.70. The molecule has 0 atom stereocenters. The van der Waals surface area contributed by atoms with E-state index in [0.717, 1.165) is 0 Å². The molecule has 1 fully saturated rings. The SMILES string of the molecule is N#Cc1ccc(N2CCN(S(=O)(=O)c3cccc(Br)c3)CC2)c([N+](=O)[O-])c1. The van der Waals surface area contributed by atoms with Gasteiger partial charge in [0.25, 0.3) is 5.69 Å². The molecule has 3 rings (SSSR count). The van der Waals surface area contributed by atoms with E-state index in [1.807, 2.05) is 6.07 Å². The van der Waals surface area contributed by atoms with E-state index in [1.54, 1.807) is 23.1 Å². The van der Waals surface area contributed by atoms with Crippen LogP contribution in [0.25, 0.3) is 0 Å². The second-order valence-electron chi connectivity index (χ2n) is 5.92. The van der Waals surface area contributed by atoms with Gasteiger partial charge in [0.05, 0.1) is 21.5 Å². The summed E-state index contributed by atoms with van der Waals surface area (Å²) in [6.07, 6.45) is 0. The van der Waals surface area contributed by atoms with Crippen molar-refractivity contribution in [2.24, 2.45) is 0 Å². The maximum absolute atomic E-state index is 12.8. The Kier molecular flexibility index (Phi) is 5.46. The van der Waals surface area contributed by atoms with Crippen LogP contribution in [0.1, 0.15) is 5.56 Å². The van der Waals surface area contributed by atoms with Crippen LogP contribution in [0.3, 0.4) is 0 Å². The van der Waals surface area contributed by atoms with E-state index in [1.165, 1.54) is 28.6 Å². The summed E-state index contributed by atoms with van der Waals surface area (Å²) in [6.45, 7) is 1.07. The molecule has 0 radical (unpaired) electrons. The van der Waals surface area contributed by atoms with Crippen molar-refractivity contribution >= 4 is 37.3 Å². The average Bonchev–Trinajstić information content (AvgIpc) is 2.67. The van der Waals surface area contributed by atoms with E-state index in [9.17, 15) is 18.5 Å². The Labute approximate surface area is 165 Å². The van der Waals surface area contributed by atoms with Gasteiger partial charge in [-0.1, -0.05) is 22.0 Å². The topological polar surface area (TPSA) is 108 Å². The number of hydrogen-bond donors (Lipinski definition) is 0. The number of halogens is 1. The first-order valence-electron chi connectivity index (χ1n) is 8.02.